The molecule has 8 heteroatoms. The number of aryl methyl sites for hydroxylation is 1. The standard InChI is InChI=1S/C21H22N4O3S/c1-11-4-9-16-17(10-11)29-20-18(16)21(28)25(24-23-20)12(2)19(27)22-15-7-5-14(6-8-15)13(3)26/h5-8,11-12H,4,9-10H2,1-3H3,(H,22,27). The molecular formula is C21H22N4O3S. The van der Waals surface area contributed by atoms with Crippen LogP contribution in [0, 0.1) is 5.92 Å². The Hall–Kier alpha value is -2.87. The van der Waals surface area contributed by atoms with Gasteiger partial charge in [-0.3, -0.25) is 14.4 Å². The van der Waals surface area contributed by atoms with Gasteiger partial charge >= 0.3 is 0 Å². The summed E-state index contributed by atoms with van der Waals surface area (Å²) in [6.07, 6.45) is 2.87. The fourth-order valence-corrected chi connectivity index (χ4v) is 4.99. The number of aromatic nitrogens is 3. The van der Waals surface area contributed by atoms with Crippen LogP contribution in [0.4, 0.5) is 5.69 Å². The van der Waals surface area contributed by atoms with Crippen molar-refractivity contribution < 1.29 is 9.59 Å². The van der Waals surface area contributed by atoms with E-state index in [4.69, 9.17) is 0 Å². The average Bonchev–Trinajstić information content (AvgIpc) is 3.06. The van der Waals surface area contributed by atoms with Crippen molar-refractivity contribution >= 4 is 38.9 Å². The third kappa shape index (κ3) is 3.60. The van der Waals surface area contributed by atoms with Crippen molar-refractivity contribution in [1.82, 2.24) is 15.0 Å². The molecule has 0 radical (unpaired) electrons. The highest BCUT2D eigenvalue weighted by atomic mass is 32.1. The maximum Gasteiger partial charge on any atom is 0.279 e. The van der Waals surface area contributed by atoms with Gasteiger partial charge in [-0.25, -0.2) is 0 Å². The van der Waals surface area contributed by atoms with Crippen molar-refractivity contribution in [2.24, 2.45) is 5.92 Å². The van der Waals surface area contributed by atoms with Crippen LogP contribution in [0.5, 0.6) is 0 Å². The van der Waals surface area contributed by atoms with E-state index in [0.29, 0.717) is 27.4 Å². The molecule has 0 aliphatic heterocycles. The van der Waals surface area contributed by atoms with Gasteiger partial charge in [-0.1, -0.05) is 12.1 Å². The van der Waals surface area contributed by atoms with Crippen LogP contribution >= 0.6 is 11.3 Å². The topological polar surface area (TPSA) is 93.9 Å². The molecule has 1 N–H and O–H groups in total. The van der Waals surface area contributed by atoms with Crippen LogP contribution in [-0.2, 0) is 17.6 Å². The predicted molar refractivity (Wildman–Crippen MR) is 113 cm³/mol. The summed E-state index contributed by atoms with van der Waals surface area (Å²) >= 11 is 1.54. The van der Waals surface area contributed by atoms with E-state index in [0.717, 1.165) is 29.5 Å². The first kappa shape index (κ1) is 19.4. The van der Waals surface area contributed by atoms with Crippen LogP contribution < -0.4 is 10.9 Å². The van der Waals surface area contributed by atoms with Crippen molar-refractivity contribution in [3.8, 4) is 0 Å². The summed E-state index contributed by atoms with van der Waals surface area (Å²) in [6, 6.07) is 5.81. The quantitative estimate of drug-likeness (QED) is 0.666. The molecule has 4 rings (SSSR count). The molecule has 1 aliphatic rings. The van der Waals surface area contributed by atoms with Gasteiger partial charge in [0, 0.05) is 16.1 Å². The molecule has 0 spiro atoms. The Morgan fingerprint density at radius 1 is 1.28 bits per heavy atom. The molecule has 1 amide bonds. The Bertz CT molecular complexity index is 1160. The first-order valence-corrected chi connectivity index (χ1v) is 10.5. The van der Waals surface area contributed by atoms with Gasteiger partial charge in [0.05, 0.1) is 5.39 Å². The third-order valence-electron chi connectivity index (χ3n) is 5.45. The molecule has 150 valence electrons. The number of anilines is 1. The Morgan fingerprint density at radius 2 is 2.00 bits per heavy atom. The molecular weight excluding hydrogens is 388 g/mol. The zero-order chi connectivity index (χ0) is 20.7. The minimum atomic E-state index is -0.815. The van der Waals surface area contributed by atoms with Crippen LogP contribution in [0.25, 0.3) is 10.2 Å². The number of carbonyl (C=O) groups excluding carboxylic acids is 2. The van der Waals surface area contributed by atoms with E-state index in [2.05, 4.69) is 22.6 Å². The summed E-state index contributed by atoms with van der Waals surface area (Å²) in [6.45, 7) is 5.33. The second kappa shape index (κ2) is 7.51. The minimum absolute atomic E-state index is 0.0418. The monoisotopic (exact) mass is 410 g/mol. The number of thiophene rings is 1. The van der Waals surface area contributed by atoms with E-state index in [1.165, 1.54) is 23.1 Å². The number of hydrogen-bond acceptors (Lipinski definition) is 6. The van der Waals surface area contributed by atoms with E-state index in [1.54, 1.807) is 31.2 Å². The maximum atomic E-state index is 13.1. The van der Waals surface area contributed by atoms with Gasteiger partial charge in [0.15, 0.2) is 10.6 Å². The molecule has 0 fully saturated rings. The van der Waals surface area contributed by atoms with E-state index < -0.39 is 6.04 Å². The number of benzene rings is 1. The van der Waals surface area contributed by atoms with Crippen molar-refractivity contribution in [2.75, 3.05) is 5.32 Å². The predicted octanol–water partition coefficient (Wildman–Crippen LogP) is 3.38. The number of nitrogens with one attached hydrogen (secondary N) is 1. The lowest BCUT2D eigenvalue weighted by molar-refractivity contribution is -0.119. The van der Waals surface area contributed by atoms with Crippen LogP contribution in [0.1, 0.15) is 54.0 Å². The van der Waals surface area contributed by atoms with Gasteiger partial charge in [-0.15, -0.1) is 16.4 Å². The van der Waals surface area contributed by atoms with Crippen LogP contribution in [-0.4, -0.2) is 26.7 Å². The smallest absolute Gasteiger partial charge is 0.279 e. The van der Waals surface area contributed by atoms with Crippen LogP contribution in [0.15, 0.2) is 29.1 Å². The molecule has 0 saturated heterocycles. The number of amides is 1. The SMILES string of the molecule is CC(=O)c1ccc(NC(=O)C(C)n2nnc3sc4c(c3c2=O)CCC(C)C4)cc1. The molecule has 2 aromatic heterocycles. The summed E-state index contributed by atoms with van der Waals surface area (Å²) in [5, 5.41) is 11.6. The number of Topliss-reactive ketones (excluding diaryl/α,β-unsaturated/α-hetero) is 1. The number of fused-ring (bicyclic) bond motifs is 3. The van der Waals surface area contributed by atoms with Crippen LogP contribution in [0.2, 0.25) is 0 Å². The van der Waals surface area contributed by atoms with E-state index >= 15 is 0 Å². The van der Waals surface area contributed by atoms with Gasteiger partial charge in [0.1, 0.15) is 6.04 Å². The maximum absolute atomic E-state index is 13.1. The zero-order valence-corrected chi connectivity index (χ0v) is 17.4. The number of nitrogens with zero attached hydrogens (tertiary/aromatic N) is 3. The summed E-state index contributed by atoms with van der Waals surface area (Å²) in [5.74, 6) is 0.193. The highest BCUT2D eigenvalue weighted by molar-refractivity contribution is 7.18. The summed E-state index contributed by atoms with van der Waals surface area (Å²) in [7, 11) is 0. The number of hydrogen-bond donors (Lipinski definition) is 1. The lowest BCUT2D eigenvalue weighted by Crippen LogP contribution is -2.34. The number of rotatable bonds is 4. The molecule has 1 aliphatic carbocycles. The van der Waals surface area contributed by atoms with Crippen molar-refractivity contribution in [1.29, 1.82) is 0 Å². The van der Waals surface area contributed by atoms with Crippen molar-refractivity contribution in [3.05, 3.63) is 50.6 Å². The van der Waals surface area contributed by atoms with E-state index in [9.17, 15) is 14.4 Å². The molecule has 2 heterocycles. The van der Waals surface area contributed by atoms with Gasteiger partial charge in [-0.2, -0.15) is 4.68 Å². The van der Waals surface area contributed by atoms with Gasteiger partial charge in [0.2, 0.25) is 5.91 Å². The molecule has 0 bridgehead atoms. The molecule has 29 heavy (non-hydrogen) atoms. The fraction of sp³-hybridized carbons (Fsp3) is 0.381. The lowest BCUT2D eigenvalue weighted by Gasteiger charge is -2.17. The molecule has 2 unspecified atom stereocenters. The fourth-order valence-electron chi connectivity index (χ4n) is 3.67. The normalized spacial score (nSPS) is 17.0. The van der Waals surface area contributed by atoms with Crippen LogP contribution in [0.3, 0.4) is 0 Å². The number of ketones is 1. The number of carbonyl (C=O) groups is 2. The molecule has 2 atom stereocenters. The minimum Gasteiger partial charge on any atom is -0.324 e. The first-order chi connectivity index (χ1) is 13.8. The first-order valence-electron chi connectivity index (χ1n) is 9.66. The zero-order valence-electron chi connectivity index (χ0n) is 16.6. The second-order valence-electron chi connectivity index (χ2n) is 7.67. The summed E-state index contributed by atoms with van der Waals surface area (Å²) < 4.78 is 1.16. The van der Waals surface area contributed by atoms with E-state index in [-0.39, 0.29) is 17.2 Å². The Balaban J connectivity index is 1.62. The largest absolute Gasteiger partial charge is 0.324 e. The molecule has 1 aromatic carbocycles. The van der Waals surface area contributed by atoms with Crippen molar-refractivity contribution in [3.63, 3.8) is 0 Å². The summed E-state index contributed by atoms with van der Waals surface area (Å²) in [4.78, 5) is 39.0. The van der Waals surface area contributed by atoms with E-state index in [1.807, 2.05) is 0 Å². The summed E-state index contributed by atoms with van der Waals surface area (Å²) in [5.41, 5.74) is 1.93. The lowest BCUT2D eigenvalue weighted by atomic mass is 9.89. The third-order valence-corrected chi connectivity index (χ3v) is 6.59. The van der Waals surface area contributed by atoms with Crippen molar-refractivity contribution in [2.45, 2.75) is 46.1 Å². The van der Waals surface area contributed by atoms with Gasteiger partial charge in [-0.05, 0) is 68.9 Å². The molecule has 7 nitrogen and oxygen atoms in total. The Morgan fingerprint density at radius 3 is 2.69 bits per heavy atom. The highest BCUT2D eigenvalue weighted by Crippen LogP contribution is 2.35. The Labute approximate surface area is 171 Å². The molecule has 3 aromatic rings. The Kier molecular flexibility index (Phi) is 5.04. The van der Waals surface area contributed by atoms with Gasteiger partial charge < -0.3 is 5.32 Å². The average molecular weight is 410 g/mol. The molecule has 0 saturated carbocycles. The second-order valence-corrected chi connectivity index (χ2v) is 8.75. The van der Waals surface area contributed by atoms with Gasteiger partial charge in [0.25, 0.3) is 5.56 Å². The highest BCUT2D eigenvalue weighted by Gasteiger charge is 2.26.